The quantitative estimate of drug-likeness (QED) is 0.512. The van der Waals surface area contributed by atoms with Gasteiger partial charge in [-0.25, -0.2) is 0 Å². The molecule has 4 atom stereocenters. The van der Waals surface area contributed by atoms with Crippen molar-refractivity contribution in [3.63, 3.8) is 0 Å². The Kier molecular flexibility index (Phi) is 4.73. The standard InChI is InChI=1S/C25H30ClN3O2/c26-16-4-3-5-17(14-16)28-12-10-27(11-13-28)8-1-2-9-29-24(30)22-18-6-7-19(21-15-20(18)21)23(22)25(29)31/h3-7,14,18-21,30-31H,1-2,8-13,15H2. The maximum Gasteiger partial charge on any atom is 0.198 e. The van der Waals surface area contributed by atoms with Gasteiger partial charge in [-0.2, -0.15) is 0 Å². The maximum atomic E-state index is 10.9. The highest BCUT2D eigenvalue weighted by molar-refractivity contribution is 6.30. The Labute approximate surface area is 188 Å². The molecule has 4 unspecified atom stereocenters. The molecule has 5 aliphatic rings. The van der Waals surface area contributed by atoms with Crippen LogP contribution in [0.25, 0.3) is 0 Å². The van der Waals surface area contributed by atoms with Gasteiger partial charge in [0.15, 0.2) is 11.8 Å². The van der Waals surface area contributed by atoms with Crippen LogP contribution >= 0.6 is 11.6 Å². The minimum atomic E-state index is 0.312. The van der Waals surface area contributed by atoms with Crippen molar-refractivity contribution in [2.75, 3.05) is 37.6 Å². The first-order valence-electron chi connectivity index (χ1n) is 11.7. The summed E-state index contributed by atoms with van der Waals surface area (Å²) in [7, 11) is 0. The molecule has 0 amide bonds. The third-order valence-electron chi connectivity index (χ3n) is 7.94. The third kappa shape index (κ3) is 3.25. The van der Waals surface area contributed by atoms with E-state index >= 15 is 0 Å². The molecule has 6 heteroatoms. The van der Waals surface area contributed by atoms with Crippen LogP contribution in [0.15, 0.2) is 36.4 Å². The fourth-order valence-corrected chi connectivity index (χ4v) is 6.40. The summed E-state index contributed by atoms with van der Waals surface area (Å²) in [5.41, 5.74) is 3.23. The predicted molar refractivity (Wildman–Crippen MR) is 123 cm³/mol. The largest absolute Gasteiger partial charge is 0.494 e. The summed E-state index contributed by atoms with van der Waals surface area (Å²) >= 11 is 6.13. The summed E-state index contributed by atoms with van der Waals surface area (Å²) in [5.74, 6) is 2.63. The Balaban J connectivity index is 1.02. The van der Waals surface area contributed by atoms with Crippen LogP contribution in [0.4, 0.5) is 5.69 Å². The van der Waals surface area contributed by atoms with Crippen LogP contribution in [0.3, 0.4) is 0 Å². The third-order valence-corrected chi connectivity index (χ3v) is 8.18. The first-order chi connectivity index (χ1) is 15.1. The van der Waals surface area contributed by atoms with Crippen LogP contribution in [0.1, 0.15) is 42.2 Å². The smallest absolute Gasteiger partial charge is 0.198 e. The molecule has 1 saturated heterocycles. The maximum absolute atomic E-state index is 10.9. The van der Waals surface area contributed by atoms with Crippen molar-refractivity contribution in [2.24, 2.45) is 11.8 Å². The van der Waals surface area contributed by atoms with Gasteiger partial charge in [0.2, 0.25) is 0 Å². The fraction of sp³-hybridized carbons (Fsp3) is 0.520. The SMILES string of the molecule is Oc1c2c(c(O)n1CCCCN1CCN(c3cccc(Cl)c3)CC1)C1C=CC2C2CC12. The van der Waals surface area contributed by atoms with Crippen LogP contribution in [0, 0.1) is 11.8 Å². The molecule has 31 heavy (non-hydrogen) atoms. The number of piperazine rings is 1. The molecule has 0 radical (unpaired) electrons. The Morgan fingerprint density at radius 2 is 1.52 bits per heavy atom. The van der Waals surface area contributed by atoms with Gasteiger partial charge in [0.05, 0.1) is 0 Å². The highest BCUT2D eigenvalue weighted by Gasteiger charge is 2.56. The van der Waals surface area contributed by atoms with Gasteiger partial charge < -0.3 is 15.1 Å². The number of halogens is 1. The summed E-state index contributed by atoms with van der Waals surface area (Å²) in [6.07, 6.45) is 7.77. The average molecular weight is 440 g/mol. The first-order valence-corrected chi connectivity index (χ1v) is 12.0. The van der Waals surface area contributed by atoms with E-state index < -0.39 is 0 Å². The molecule has 1 aliphatic heterocycles. The molecular weight excluding hydrogens is 410 g/mol. The highest BCUT2D eigenvalue weighted by Crippen LogP contribution is 2.67. The summed E-state index contributed by atoms with van der Waals surface area (Å²) in [5, 5.41) is 22.5. The highest BCUT2D eigenvalue weighted by atomic mass is 35.5. The zero-order chi connectivity index (χ0) is 21.1. The van der Waals surface area contributed by atoms with Crippen molar-refractivity contribution < 1.29 is 10.2 Å². The van der Waals surface area contributed by atoms with Crippen LogP contribution in [-0.4, -0.2) is 52.4 Å². The van der Waals surface area contributed by atoms with Crippen molar-refractivity contribution in [2.45, 2.75) is 37.6 Å². The van der Waals surface area contributed by atoms with Gasteiger partial charge >= 0.3 is 0 Å². The second kappa shape index (κ2) is 7.49. The van der Waals surface area contributed by atoms with Gasteiger partial charge in [0.25, 0.3) is 0 Å². The van der Waals surface area contributed by atoms with Gasteiger partial charge in [-0.15, -0.1) is 0 Å². The lowest BCUT2D eigenvalue weighted by atomic mass is 9.73. The van der Waals surface area contributed by atoms with E-state index in [1.807, 2.05) is 18.2 Å². The Morgan fingerprint density at radius 3 is 2.16 bits per heavy atom. The summed E-state index contributed by atoms with van der Waals surface area (Å²) < 4.78 is 1.76. The van der Waals surface area contributed by atoms with Crippen LogP contribution in [0.5, 0.6) is 11.8 Å². The van der Waals surface area contributed by atoms with E-state index in [-0.39, 0.29) is 0 Å². The molecule has 4 aliphatic carbocycles. The van der Waals surface area contributed by atoms with E-state index in [4.69, 9.17) is 11.6 Å². The van der Waals surface area contributed by atoms with Crippen molar-refractivity contribution in [3.8, 4) is 11.8 Å². The molecule has 2 bridgehead atoms. The van der Waals surface area contributed by atoms with E-state index in [1.165, 1.54) is 12.1 Å². The van der Waals surface area contributed by atoms with Crippen LogP contribution < -0.4 is 4.90 Å². The number of anilines is 1. The topological polar surface area (TPSA) is 51.9 Å². The number of nitrogens with zero attached hydrogens (tertiary/aromatic N) is 3. The monoisotopic (exact) mass is 439 g/mol. The van der Waals surface area contributed by atoms with E-state index in [0.29, 0.717) is 42.0 Å². The zero-order valence-corrected chi connectivity index (χ0v) is 18.5. The van der Waals surface area contributed by atoms with Crippen LogP contribution in [-0.2, 0) is 6.54 Å². The van der Waals surface area contributed by atoms with Gasteiger partial charge in [0, 0.05) is 66.4 Å². The van der Waals surface area contributed by atoms with Gasteiger partial charge in [-0.3, -0.25) is 9.47 Å². The molecule has 2 fully saturated rings. The number of hydrogen-bond donors (Lipinski definition) is 2. The second-order valence-electron chi connectivity index (χ2n) is 9.64. The minimum absolute atomic E-state index is 0.312. The van der Waals surface area contributed by atoms with Gasteiger partial charge in [-0.05, 0) is 55.8 Å². The lowest BCUT2D eigenvalue weighted by molar-refractivity contribution is 0.249. The number of hydrogen-bond acceptors (Lipinski definition) is 4. The molecule has 164 valence electrons. The van der Waals surface area contributed by atoms with Gasteiger partial charge in [-0.1, -0.05) is 29.8 Å². The summed E-state index contributed by atoms with van der Waals surface area (Å²) in [6, 6.07) is 8.10. The minimum Gasteiger partial charge on any atom is -0.494 e. The Morgan fingerprint density at radius 1 is 0.871 bits per heavy atom. The number of unbranched alkanes of at least 4 members (excludes halogenated alkanes) is 1. The number of allylic oxidation sites excluding steroid dienone is 2. The molecule has 2 N–H and O–H groups in total. The zero-order valence-electron chi connectivity index (χ0n) is 17.8. The number of aromatic nitrogens is 1. The molecule has 5 nitrogen and oxygen atoms in total. The van der Waals surface area contributed by atoms with E-state index in [1.54, 1.807) is 4.57 Å². The normalized spacial score (nSPS) is 28.6. The van der Waals surface area contributed by atoms with Crippen molar-refractivity contribution >= 4 is 17.3 Å². The predicted octanol–water partition coefficient (Wildman–Crippen LogP) is 4.54. The van der Waals surface area contributed by atoms with Crippen molar-refractivity contribution in [3.05, 3.63) is 52.6 Å². The van der Waals surface area contributed by atoms with Crippen LogP contribution in [0.2, 0.25) is 5.02 Å². The number of benzene rings is 1. The van der Waals surface area contributed by atoms with Crippen molar-refractivity contribution in [1.29, 1.82) is 0 Å². The fourth-order valence-electron chi connectivity index (χ4n) is 6.22. The average Bonchev–Trinajstić information content (AvgIpc) is 3.57. The molecule has 2 aromatic rings. The lowest BCUT2D eigenvalue weighted by Crippen LogP contribution is -2.46. The molecule has 7 rings (SSSR count). The lowest BCUT2D eigenvalue weighted by Gasteiger charge is -2.36. The molecular formula is C25H30ClN3O2. The summed E-state index contributed by atoms with van der Waals surface area (Å²) in [6.45, 7) is 5.89. The molecule has 1 aromatic heterocycles. The molecule has 2 heterocycles. The van der Waals surface area contributed by atoms with Gasteiger partial charge in [0.1, 0.15) is 0 Å². The Hall–Kier alpha value is -2.11. The molecule has 1 aromatic carbocycles. The van der Waals surface area contributed by atoms with E-state index in [2.05, 4.69) is 28.0 Å². The summed E-state index contributed by atoms with van der Waals surface area (Å²) in [4.78, 5) is 4.91. The molecule has 0 spiro atoms. The second-order valence-corrected chi connectivity index (χ2v) is 10.1. The van der Waals surface area contributed by atoms with Crippen molar-refractivity contribution in [1.82, 2.24) is 9.47 Å². The molecule has 1 saturated carbocycles. The number of rotatable bonds is 6. The van der Waals surface area contributed by atoms with E-state index in [0.717, 1.165) is 61.7 Å². The number of aromatic hydroxyl groups is 2. The van der Waals surface area contributed by atoms with E-state index in [9.17, 15) is 10.2 Å². The first kappa shape index (κ1) is 19.6. The Bertz CT molecular complexity index is 983.